The average molecular weight is 277 g/mol. The molecule has 0 amide bonds. The molecule has 8 heteroatoms. The molecule has 0 atom stereocenters. The standard InChI is InChI=1S/C9H13ClN4O2S/c10-8-4-5-11-9(12-8)13-17(15,16)14-6-2-1-3-7-14/h4-5H,1-3,6-7H2,(H,11,12,13). The SMILES string of the molecule is O=S(=O)(Nc1nccc(Cl)n1)N1CCCCC1. The van der Waals surface area contributed by atoms with E-state index in [2.05, 4.69) is 14.7 Å². The zero-order chi connectivity index (χ0) is 12.3. The van der Waals surface area contributed by atoms with Crippen LogP contribution < -0.4 is 4.72 Å². The Morgan fingerprint density at radius 3 is 2.65 bits per heavy atom. The summed E-state index contributed by atoms with van der Waals surface area (Å²) in [6.07, 6.45) is 4.25. The summed E-state index contributed by atoms with van der Waals surface area (Å²) < 4.78 is 27.6. The third kappa shape index (κ3) is 3.27. The molecular weight excluding hydrogens is 264 g/mol. The minimum Gasteiger partial charge on any atom is -0.238 e. The maximum atomic E-state index is 12.0. The molecule has 1 aromatic heterocycles. The highest BCUT2D eigenvalue weighted by Gasteiger charge is 2.24. The lowest BCUT2D eigenvalue weighted by atomic mass is 10.2. The van der Waals surface area contributed by atoms with Crippen LogP contribution in [-0.2, 0) is 10.2 Å². The second-order valence-corrected chi connectivity index (χ2v) is 5.83. The lowest BCUT2D eigenvalue weighted by Gasteiger charge is -2.25. The number of nitrogens with zero attached hydrogens (tertiary/aromatic N) is 3. The van der Waals surface area contributed by atoms with E-state index >= 15 is 0 Å². The molecule has 94 valence electrons. The normalized spacial score (nSPS) is 17.9. The smallest absolute Gasteiger partial charge is 0.238 e. The van der Waals surface area contributed by atoms with Crippen LogP contribution in [0.4, 0.5) is 5.95 Å². The quantitative estimate of drug-likeness (QED) is 0.844. The number of rotatable bonds is 3. The second-order valence-electron chi connectivity index (χ2n) is 3.77. The molecule has 1 aromatic rings. The van der Waals surface area contributed by atoms with Crippen LogP contribution in [0.15, 0.2) is 12.3 Å². The van der Waals surface area contributed by atoms with Crippen LogP contribution in [0, 0.1) is 0 Å². The molecule has 1 aliphatic rings. The lowest BCUT2D eigenvalue weighted by molar-refractivity contribution is 0.349. The van der Waals surface area contributed by atoms with Crippen LogP contribution in [0.1, 0.15) is 19.3 Å². The van der Waals surface area contributed by atoms with E-state index in [0.717, 1.165) is 19.3 Å². The summed E-state index contributed by atoms with van der Waals surface area (Å²) in [4.78, 5) is 7.60. The molecule has 1 N–H and O–H groups in total. The van der Waals surface area contributed by atoms with E-state index in [0.29, 0.717) is 13.1 Å². The molecule has 1 aliphatic heterocycles. The van der Waals surface area contributed by atoms with Crippen molar-refractivity contribution in [2.24, 2.45) is 0 Å². The highest BCUT2D eigenvalue weighted by Crippen LogP contribution is 2.15. The summed E-state index contributed by atoms with van der Waals surface area (Å²) in [7, 11) is -3.55. The molecule has 6 nitrogen and oxygen atoms in total. The van der Waals surface area contributed by atoms with Gasteiger partial charge in [-0.05, 0) is 18.9 Å². The van der Waals surface area contributed by atoms with Crippen molar-refractivity contribution >= 4 is 27.8 Å². The Morgan fingerprint density at radius 2 is 2.00 bits per heavy atom. The van der Waals surface area contributed by atoms with Crippen molar-refractivity contribution in [1.82, 2.24) is 14.3 Å². The van der Waals surface area contributed by atoms with Gasteiger partial charge in [-0.15, -0.1) is 0 Å². The van der Waals surface area contributed by atoms with Crippen LogP contribution in [-0.4, -0.2) is 35.8 Å². The molecule has 0 saturated carbocycles. The van der Waals surface area contributed by atoms with Gasteiger partial charge in [0.05, 0.1) is 0 Å². The summed E-state index contributed by atoms with van der Waals surface area (Å²) in [5.41, 5.74) is 0. The molecule has 0 unspecified atom stereocenters. The number of nitrogens with one attached hydrogen (secondary N) is 1. The molecule has 0 aromatic carbocycles. The fourth-order valence-electron chi connectivity index (χ4n) is 1.67. The highest BCUT2D eigenvalue weighted by molar-refractivity contribution is 7.90. The molecule has 0 spiro atoms. The second kappa shape index (κ2) is 5.16. The van der Waals surface area contributed by atoms with Crippen LogP contribution in [0.25, 0.3) is 0 Å². The number of piperidine rings is 1. The molecule has 1 fully saturated rings. The van der Waals surface area contributed by atoms with Crippen molar-refractivity contribution in [2.45, 2.75) is 19.3 Å². The van der Waals surface area contributed by atoms with Crippen LogP contribution >= 0.6 is 11.6 Å². The fourth-order valence-corrected chi connectivity index (χ4v) is 3.00. The minimum absolute atomic E-state index is 0.00285. The largest absolute Gasteiger partial charge is 0.303 e. The zero-order valence-electron chi connectivity index (χ0n) is 9.13. The summed E-state index contributed by atoms with van der Waals surface area (Å²) in [6, 6.07) is 1.49. The Kier molecular flexibility index (Phi) is 3.80. The third-order valence-electron chi connectivity index (χ3n) is 2.50. The van der Waals surface area contributed by atoms with Crippen molar-refractivity contribution in [2.75, 3.05) is 17.8 Å². The number of anilines is 1. The van der Waals surface area contributed by atoms with E-state index in [4.69, 9.17) is 11.6 Å². The Morgan fingerprint density at radius 1 is 1.29 bits per heavy atom. The van der Waals surface area contributed by atoms with Crippen LogP contribution in [0.2, 0.25) is 5.15 Å². The van der Waals surface area contributed by atoms with Crippen molar-refractivity contribution in [3.05, 3.63) is 17.4 Å². The molecule has 0 aliphatic carbocycles. The maximum Gasteiger partial charge on any atom is 0.303 e. The van der Waals surface area contributed by atoms with Gasteiger partial charge in [-0.2, -0.15) is 12.7 Å². The van der Waals surface area contributed by atoms with Gasteiger partial charge in [0, 0.05) is 19.3 Å². The van der Waals surface area contributed by atoms with Crippen molar-refractivity contribution in [1.29, 1.82) is 0 Å². The summed E-state index contributed by atoms with van der Waals surface area (Å²) in [6.45, 7) is 1.08. The number of aromatic nitrogens is 2. The lowest BCUT2D eigenvalue weighted by Crippen LogP contribution is -2.39. The van der Waals surface area contributed by atoms with Crippen molar-refractivity contribution < 1.29 is 8.42 Å². The first-order valence-corrected chi connectivity index (χ1v) is 7.16. The maximum absolute atomic E-state index is 12.0. The topological polar surface area (TPSA) is 75.2 Å². The van der Waals surface area contributed by atoms with Gasteiger partial charge in [-0.1, -0.05) is 18.0 Å². The first-order chi connectivity index (χ1) is 8.08. The van der Waals surface area contributed by atoms with Crippen LogP contribution in [0.5, 0.6) is 0 Å². The molecule has 0 bridgehead atoms. The first kappa shape index (κ1) is 12.5. The van der Waals surface area contributed by atoms with E-state index in [1.165, 1.54) is 16.6 Å². The number of hydrogen-bond donors (Lipinski definition) is 1. The van der Waals surface area contributed by atoms with E-state index in [1.54, 1.807) is 0 Å². The molecule has 2 rings (SSSR count). The minimum atomic E-state index is -3.55. The Balaban J connectivity index is 2.11. The van der Waals surface area contributed by atoms with Crippen LogP contribution in [0.3, 0.4) is 0 Å². The molecular formula is C9H13ClN4O2S. The third-order valence-corrected chi connectivity index (χ3v) is 4.19. The number of hydrogen-bond acceptors (Lipinski definition) is 4. The van der Waals surface area contributed by atoms with Gasteiger partial charge in [-0.25, -0.2) is 14.7 Å². The van der Waals surface area contributed by atoms with Gasteiger partial charge in [0.2, 0.25) is 5.95 Å². The molecule has 2 heterocycles. The van der Waals surface area contributed by atoms with Gasteiger partial charge in [-0.3, -0.25) is 0 Å². The zero-order valence-corrected chi connectivity index (χ0v) is 10.7. The van der Waals surface area contributed by atoms with Gasteiger partial charge in [0.1, 0.15) is 5.15 Å². The highest BCUT2D eigenvalue weighted by atomic mass is 35.5. The van der Waals surface area contributed by atoms with Crippen molar-refractivity contribution in [3.8, 4) is 0 Å². The predicted molar refractivity (Wildman–Crippen MR) is 65.0 cm³/mol. The molecule has 0 radical (unpaired) electrons. The average Bonchev–Trinajstić information content (AvgIpc) is 2.29. The fraction of sp³-hybridized carbons (Fsp3) is 0.556. The van der Waals surface area contributed by atoms with Gasteiger partial charge >= 0.3 is 10.2 Å². The van der Waals surface area contributed by atoms with Gasteiger partial charge in [0.25, 0.3) is 0 Å². The molecule has 1 saturated heterocycles. The summed E-state index contributed by atoms with van der Waals surface area (Å²) in [5, 5.41) is 0.205. The Bertz CT molecular complexity index is 488. The molecule has 17 heavy (non-hydrogen) atoms. The Labute approximate surface area is 105 Å². The van der Waals surface area contributed by atoms with E-state index < -0.39 is 10.2 Å². The van der Waals surface area contributed by atoms with Gasteiger partial charge in [0.15, 0.2) is 0 Å². The Hall–Kier alpha value is -0.920. The summed E-state index contributed by atoms with van der Waals surface area (Å²) in [5.74, 6) is 0.00285. The van der Waals surface area contributed by atoms with Gasteiger partial charge < -0.3 is 0 Å². The monoisotopic (exact) mass is 276 g/mol. The predicted octanol–water partition coefficient (Wildman–Crippen LogP) is 1.27. The van der Waals surface area contributed by atoms with E-state index in [-0.39, 0.29) is 11.1 Å². The number of halogens is 1. The first-order valence-electron chi connectivity index (χ1n) is 5.34. The van der Waals surface area contributed by atoms with Crippen molar-refractivity contribution in [3.63, 3.8) is 0 Å². The van der Waals surface area contributed by atoms with E-state index in [9.17, 15) is 8.42 Å². The summed E-state index contributed by atoms with van der Waals surface area (Å²) >= 11 is 5.66. The van der Waals surface area contributed by atoms with E-state index in [1.807, 2.05) is 0 Å².